The molecule has 0 rings (SSSR count). The zero-order valence-corrected chi connectivity index (χ0v) is 8.31. The van der Waals surface area contributed by atoms with E-state index in [0.717, 1.165) is 11.8 Å². The average molecular weight is 201 g/mol. The number of imide groups is 1. The van der Waals surface area contributed by atoms with E-state index in [1.54, 1.807) is 13.0 Å². The van der Waals surface area contributed by atoms with Crippen molar-refractivity contribution in [2.75, 3.05) is 5.75 Å². The van der Waals surface area contributed by atoms with Crippen LogP contribution in [0, 0.1) is 0 Å². The topological polar surface area (TPSA) is 63.2 Å². The van der Waals surface area contributed by atoms with Crippen LogP contribution in [0.4, 0.5) is 0 Å². The Labute approximate surface area is 80.8 Å². The summed E-state index contributed by atoms with van der Waals surface area (Å²) in [5.41, 5.74) is 0. The van der Waals surface area contributed by atoms with Gasteiger partial charge in [-0.25, -0.2) is 0 Å². The number of rotatable bonds is 3. The summed E-state index contributed by atoms with van der Waals surface area (Å²) in [5.74, 6) is -0.887. The lowest BCUT2D eigenvalue weighted by Crippen LogP contribution is -2.29. The molecule has 0 fully saturated rings. The number of thioether (sulfide) groups is 1. The summed E-state index contributed by atoms with van der Waals surface area (Å²) in [7, 11) is 0. The predicted molar refractivity (Wildman–Crippen MR) is 51.1 cm³/mol. The Morgan fingerprint density at radius 3 is 2.46 bits per heavy atom. The Kier molecular flexibility index (Phi) is 5.88. The molecule has 2 amide bonds. The Bertz CT molecular complexity index is 248. The van der Waals surface area contributed by atoms with E-state index in [4.69, 9.17) is 0 Å². The molecule has 5 heteroatoms. The van der Waals surface area contributed by atoms with Gasteiger partial charge in [0, 0.05) is 6.92 Å². The van der Waals surface area contributed by atoms with Crippen LogP contribution in [-0.4, -0.2) is 22.7 Å². The summed E-state index contributed by atoms with van der Waals surface area (Å²) in [5, 5.41) is 1.87. The number of amides is 2. The summed E-state index contributed by atoms with van der Waals surface area (Å²) >= 11 is 0.861. The van der Waals surface area contributed by atoms with E-state index in [1.165, 1.54) is 13.0 Å². The number of carbonyl (C=O) groups is 3. The smallest absolute Gasteiger partial charge is 0.237 e. The quantitative estimate of drug-likeness (QED) is 0.675. The molecule has 0 aromatic carbocycles. The monoisotopic (exact) mass is 201 g/mol. The highest BCUT2D eigenvalue weighted by molar-refractivity contribution is 8.14. The van der Waals surface area contributed by atoms with Crippen LogP contribution in [0.15, 0.2) is 12.2 Å². The summed E-state index contributed by atoms with van der Waals surface area (Å²) in [4.78, 5) is 32.1. The lowest BCUT2D eigenvalue weighted by molar-refractivity contribution is -0.127. The van der Waals surface area contributed by atoms with Crippen LogP contribution < -0.4 is 5.32 Å². The average Bonchev–Trinajstić information content (AvgIpc) is 2.00. The molecule has 1 N–H and O–H groups in total. The molecule has 13 heavy (non-hydrogen) atoms. The number of hydrogen-bond donors (Lipinski definition) is 1. The first-order chi connectivity index (χ1) is 6.06. The lowest BCUT2D eigenvalue weighted by atomic mass is 10.6. The third-order valence-electron chi connectivity index (χ3n) is 0.964. The second-order valence-electron chi connectivity index (χ2n) is 2.21. The maximum atomic E-state index is 10.8. The Balaban J connectivity index is 3.70. The van der Waals surface area contributed by atoms with Gasteiger partial charge in [-0.15, -0.1) is 0 Å². The molecule has 0 spiro atoms. The van der Waals surface area contributed by atoms with Crippen molar-refractivity contribution in [2.45, 2.75) is 13.8 Å². The van der Waals surface area contributed by atoms with Crippen molar-refractivity contribution in [1.29, 1.82) is 0 Å². The van der Waals surface area contributed by atoms with Crippen LogP contribution in [-0.2, 0) is 14.4 Å². The minimum absolute atomic E-state index is 0.0250. The van der Waals surface area contributed by atoms with Crippen molar-refractivity contribution < 1.29 is 14.4 Å². The molecule has 0 unspecified atom stereocenters. The van der Waals surface area contributed by atoms with Gasteiger partial charge in [0.1, 0.15) is 0 Å². The fourth-order valence-electron chi connectivity index (χ4n) is 0.553. The first kappa shape index (κ1) is 11.9. The minimum atomic E-state index is -0.449. The molecule has 0 atom stereocenters. The number of carbonyl (C=O) groups excluding carboxylic acids is 3. The van der Waals surface area contributed by atoms with E-state index in [0.29, 0.717) is 0 Å². The van der Waals surface area contributed by atoms with Gasteiger partial charge in [0.2, 0.25) is 16.9 Å². The molecule has 0 radical (unpaired) electrons. The van der Waals surface area contributed by atoms with Gasteiger partial charge in [-0.05, 0) is 13.0 Å². The molecule has 0 saturated carbocycles. The molecule has 0 bridgehead atoms. The van der Waals surface area contributed by atoms with Crippen molar-refractivity contribution in [1.82, 2.24) is 5.32 Å². The molecule has 0 aliphatic heterocycles. The van der Waals surface area contributed by atoms with Crippen LogP contribution in [0.1, 0.15) is 13.8 Å². The first-order valence-electron chi connectivity index (χ1n) is 3.66. The van der Waals surface area contributed by atoms with Crippen molar-refractivity contribution in [3.8, 4) is 0 Å². The van der Waals surface area contributed by atoms with Crippen LogP contribution in [0.2, 0.25) is 0 Å². The lowest BCUT2D eigenvalue weighted by Gasteiger charge is -1.97. The Morgan fingerprint density at radius 2 is 2.00 bits per heavy atom. The maximum Gasteiger partial charge on any atom is 0.237 e. The molecular weight excluding hydrogens is 190 g/mol. The summed E-state index contributed by atoms with van der Waals surface area (Å²) in [6, 6.07) is 0. The molecule has 4 nitrogen and oxygen atoms in total. The molecule has 0 saturated heterocycles. The molecule has 0 aliphatic rings. The highest BCUT2D eigenvalue weighted by Crippen LogP contribution is 2.01. The van der Waals surface area contributed by atoms with E-state index in [2.05, 4.69) is 5.32 Å². The second kappa shape index (κ2) is 6.42. The molecule has 0 aromatic heterocycles. The Hall–Kier alpha value is -1.10. The third-order valence-corrected chi connectivity index (χ3v) is 1.79. The molecule has 72 valence electrons. The fourth-order valence-corrected chi connectivity index (χ4v) is 1.13. The molecule has 0 aliphatic carbocycles. The maximum absolute atomic E-state index is 10.8. The largest absolute Gasteiger partial charge is 0.296 e. The van der Waals surface area contributed by atoms with Crippen LogP contribution in [0.3, 0.4) is 0 Å². The summed E-state index contributed by atoms with van der Waals surface area (Å²) < 4.78 is 0. The van der Waals surface area contributed by atoms with Gasteiger partial charge in [0.05, 0.1) is 5.75 Å². The third kappa shape index (κ3) is 7.27. The van der Waals surface area contributed by atoms with Gasteiger partial charge in [-0.3, -0.25) is 19.7 Å². The van der Waals surface area contributed by atoms with E-state index in [1.807, 2.05) is 0 Å². The van der Waals surface area contributed by atoms with Crippen molar-refractivity contribution >= 4 is 28.7 Å². The van der Waals surface area contributed by atoms with Gasteiger partial charge in [0.15, 0.2) is 0 Å². The summed E-state index contributed by atoms with van der Waals surface area (Å²) in [6.07, 6.45) is 2.96. The highest BCUT2D eigenvalue weighted by Gasteiger charge is 2.05. The number of hydrogen-bond acceptors (Lipinski definition) is 4. The zero-order valence-electron chi connectivity index (χ0n) is 7.49. The van der Waals surface area contributed by atoms with Gasteiger partial charge >= 0.3 is 0 Å². The highest BCUT2D eigenvalue weighted by atomic mass is 32.2. The molecule has 0 aromatic rings. The second-order valence-corrected chi connectivity index (χ2v) is 3.19. The number of nitrogens with one attached hydrogen (secondary N) is 1. The Morgan fingerprint density at radius 1 is 1.38 bits per heavy atom. The van der Waals surface area contributed by atoms with Gasteiger partial charge in [0.25, 0.3) is 0 Å². The van der Waals surface area contributed by atoms with E-state index in [-0.39, 0.29) is 10.9 Å². The summed E-state index contributed by atoms with van der Waals surface area (Å²) in [6.45, 7) is 2.96. The predicted octanol–water partition coefficient (Wildman–Crippen LogP) is 0.485. The van der Waals surface area contributed by atoms with Crippen molar-refractivity contribution in [3.63, 3.8) is 0 Å². The zero-order chi connectivity index (χ0) is 10.3. The van der Waals surface area contributed by atoms with Crippen molar-refractivity contribution in [2.24, 2.45) is 0 Å². The van der Waals surface area contributed by atoms with Crippen LogP contribution in [0.5, 0.6) is 0 Å². The van der Waals surface area contributed by atoms with Gasteiger partial charge in [-0.1, -0.05) is 17.8 Å². The van der Waals surface area contributed by atoms with Gasteiger partial charge in [-0.2, -0.15) is 0 Å². The van der Waals surface area contributed by atoms with Crippen LogP contribution >= 0.6 is 11.8 Å². The number of allylic oxidation sites excluding steroid dienone is 1. The standard InChI is InChI=1S/C8H11NO3S/c1-3-4-8(12)13-5-7(11)9-6(2)10/h3-4H,5H2,1-2H3,(H,9,10,11)/b4-3+. The molecular formula is C8H11NO3S. The van der Waals surface area contributed by atoms with E-state index in [9.17, 15) is 14.4 Å². The minimum Gasteiger partial charge on any atom is -0.296 e. The molecule has 0 heterocycles. The van der Waals surface area contributed by atoms with Gasteiger partial charge < -0.3 is 0 Å². The van der Waals surface area contributed by atoms with E-state index < -0.39 is 11.8 Å². The first-order valence-corrected chi connectivity index (χ1v) is 4.64. The fraction of sp³-hybridized carbons (Fsp3) is 0.375. The SMILES string of the molecule is C/C=C/C(=O)SCC(=O)NC(C)=O. The van der Waals surface area contributed by atoms with E-state index >= 15 is 0 Å². The normalized spacial score (nSPS) is 10.0. The van der Waals surface area contributed by atoms with Crippen molar-refractivity contribution in [3.05, 3.63) is 12.2 Å². The van der Waals surface area contributed by atoms with Crippen LogP contribution in [0.25, 0.3) is 0 Å².